The smallest absolute Gasteiger partial charge is 0.234 e. The highest BCUT2D eigenvalue weighted by molar-refractivity contribution is 6.06. The van der Waals surface area contributed by atoms with E-state index in [1.54, 1.807) is 7.11 Å². The van der Waals surface area contributed by atoms with Gasteiger partial charge in [0.25, 0.3) is 0 Å². The van der Waals surface area contributed by atoms with Crippen molar-refractivity contribution in [2.75, 3.05) is 46.7 Å². The molecule has 1 aliphatic heterocycles. The Hall–Kier alpha value is -1.38. The molecule has 8 nitrogen and oxygen atoms in total. The lowest BCUT2D eigenvalue weighted by molar-refractivity contribution is -0.131. The first-order valence-corrected chi connectivity index (χ1v) is 7.08. The Labute approximate surface area is 124 Å². The summed E-state index contributed by atoms with van der Waals surface area (Å²) in [5.74, 6) is -0.280. The van der Waals surface area contributed by atoms with Crippen LogP contribution in [0, 0.1) is 5.41 Å². The van der Waals surface area contributed by atoms with E-state index in [0.29, 0.717) is 58.8 Å². The molecule has 1 fully saturated rings. The number of methoxy groups -OCH3 is 1. The number of carbonyl (C=O) groups is 1. The Kier molecular flexibility index (Phi) is 8.03. The molecule has 0 spiro atoms. The molecule has 0 bridgehead atoms. The van der Waals surface area contributed by atoms with Crippen molar-refractivity contribution >= 4 is 11.7 Å². The van der Waals surface area contributed by atoms with Crippen molar-refractivity contribution in [2.45, 2.75) is 19.3 Å². The van der Waals surface area contributed by atoms with Crippen LogP contribution in [0.5, 0.6) is 0 Å². The molecule has 0 radical (unpaired) electrons. The molecule has 0 unspecified atom stereocenters. The first-order chi connectivity index (χ1) is 10.2. The Morgan fingerprint density at radius 2 is 2.10 bits per heavy atom. The highest BCUT2D eigenvalue weighted by Crippen LogP contribution is 2.31. The third kappa shape index (κ3) is 5.14. The fraction of sp³-hybridized carbons (Fsp3) is 0.846. The van der Waals surface area contributed by atoms with Gasteiger partial charge in [-0.2, -0.15) is 0 Å². The number of hydrogen-bond acceptors (Lipinski definition) is 6. The minimum absolute atomic E-state index is 0.0559. The Balaban J connectivity index is 2.37. The molecule has 0 aromatic heterocycles. The van der Waals surface area contributed by atoms with Crippen LogP contribution < -0.4 is 11.1 Å². The van der Waals surface area contributed by atoms with Crippen LogP contribution in [0.4, 0.5) is 0 Å². The van der Waals surface area contributed by atoms with Gasteiger partial charge in [0.05, 0.1) is 13.2 Å². The number of nitrogens with zero attached hydrogens (tertiary/aromatic N) is 1. The number of nitrogens with one attached hydrogen (secondary N) is 1. The highest BCUT2D eigenvalue weighted by atomic mass is 16.5. The van der Waals surface area contributed by atoms with Gasteiger partial charge in [0.15, 0.2) is 5.84 Å². The lowest BCUT2D eigenvalue weighted by Gasteiger charge is -2.34. The molecule has 122 valence electrons. The number of nitrogens with two attached hydrogens (primary N) is 1. The minimum atomic E-state index is -0.968. The van der Waals surface area contributed by atoms with Crippen LogP contribution >= 0.6 is 0 Å². The first kappa shape index (κ1) is 17.7. The summed E-state index contributed by atoms with van der Waals surface area (Å²) >= 11 is 0. The summed E-state index contributed by atoms with van der Waals surface area (Å²) < 4.78 is 15.4. The standard InChI is InChI=1S/C13H25N3O5/c1-19-9-10-20-6-2-5-15-12(17)13(11(14)16-18)3-7-21-8-4-13/h18H,2-10H2,1H3,(H2,14,16)(H,15,17). The van der Waals surface area contributed by atoms with Gasteiger partial charge in [0.2, 0.25) is 5.91 Å². The van der Waals surface area contributed by atoms with Crippen molar-refractivity contribution in [2.24, 2.45) is 16.3 Å². The van der Waals surface area contributed by atoms with Crippen LogP contribution in [0.1, 0.15) is 19.3 Å². The number of hydrogen-bond donors (Lipinski definition) is 3. The van der Waals surface area contributed by atoms with Gasteiger partial charge in [0.1, 0.15) is 5.41 Å². The topological polar surface area (TPSA) is 115 Å². The van der Waals surface area contributed by atoms with Gasteiger partial charge in [-0.15, -0.1) is 0 Å². The molecule has 1 heterocycles. The Morgan fingerprint density at radius 1 is 1.38 bits per heavy atom. The average molecular weight is 303 g/mol. The normalized spacial score (nSPS) is 18.4. The molecule has 8 heteroatoms. The van der Waals surface area contributed by atoms with E-state index in [1.807, 2.05) is 0 Å². The zero-order valence-electron chi connectivity index (χ0n) is 12.5. The van der Waals surface area contributed by atoms with Gasteiger partial charge < -0.3 is 30.5 Å². The number of carbonyl (C=O) groups excluding carboxylic acids is 1. The summed E-state index contributed by atoms with van der Waals surface area (Å²) in [4.78, 5) is 12.4. The largest absolute Gasteiger partial charge is 0.409 e. The third-order valence-electron chi connectivity index (χ3n) is 3.56. The van der Waals surface area contributed by atoms with Crippen molar-refractivity contribution in [3.63, 3.8) is 0 Å². The molecule has 1 saturated heterocycles. The second-order valence-corrected chi connectivity index (χ2v) is 4.89. The minimum Gasteiger partial charge on any atom is -0.409 e. The molecule has 1 aliphatic rings. The van der Waals surface area contributed by atoms with Gasteiger partial charge in [-0.1, -0.05) is 5.16 Å². The van der Waals surface area contributed by atoms with Gasteiger partial charge in [-0.05, 0) is 19.3 Å². The van der Waals surface area contributed by atoms with Crippen molar-refractivity contribution < 1.29 is 24.2 Å². The fourth-order valence-corrected chi connectivity index (χ4v) is 2.20. The molecule has 0 saturated carbocycles. The zero-order chi connectivity index (χ0) is 15.6. The van der Waals surface area contributed by atoms with E-state index in [4.69, 9.17) is 25.2 Å². The lowest BCUT2D eigenvalue weighted by Crippen LogP contribution is -2.53. The van der Waals surface area contributed by atoms with Crippen molar-refractivity contribution in [1.29, 1.82) is 0 Å². The summed E-state index contributed by atoms with van der Waals surface area (Å²) in [5, 5.41) is 14.7. The van der Waals surface area contributed by atoms with Gasteiger partial charge in [-0.25, -0.2) is 0 Å². The van der Waals surface area contributed by atoms with Gasteiger partial charge in [-0.3, -0.25) is 4.79 Å². The first-order valence-electron chi connectivity index (χ1n) is 7.08. The number of amidine groups is 1. The fourth-order valence-electron chi connectivity index (χ4n) is 2.20. The number of ether oxygens (including phenoxy) is 3. The molecule has 1 amide bonds. The molecule has 0 aromatic carbocycles. The van der Waals surface area contributed by atoms with E-state index in [2.05, 4.69) is 10.5 Å². The van der Waals surface area contributed by atoms with E-state index < -0.39 is 5.41 Å². The van der Waals surface area contributed by atoms with Crippen molar-refractivity contribution in [1.82, 2.24) is 5.32 Å². The number of oxime groups is 1. The van der Waals surface area contributed by atoms with E-state index in [-0.39, 0.29) is 11.7 Å². The number of amides is 1. The van der Waals surface area contributed by atoms with Crippen molar-refractivity contribution in [3.05, 3.63) is 0 Å². The van der Waals surface area contributed by atoms with Crippen LogP contribution in [-0.4, -0.2) is 63.6 Å². The monoisotopic (exact) mass is 303 g/mol. The third-order valence-corrected chi connectivity index (χ3v) is 3.56. The summed E-state index contributed by atoms with van der Waals surface area (Å²) in [6, 6.07) is 0. The molecule has 0 aliphatic carbocycles. The van der Waals surface area contributed by atoms with E-state index in [9.17, 15) is 4.79 Å². The molecule has 0 atom stereocenters. The van der Waals surface area contributed by atoms with E-state index in [1.165, 1.54) is 0 Å². The molecule has 1 rings (SSSR count). The van der Waals surface area contributed by atoms with Crippen LogP contribution in [0.15, 0.2) is 5.16 Å². The van der Waals surface area contributed by atoms with Crippen LogP contribution in [-0.2, 0) is 19.0 Å². The second kappa shape index (κ2) is 9.54. The average Bonchev–Trinajstić information content (AvgIpc) is 2.53. The zero-order valence-corrected chi connectivity index (χ0v) is 12.5. The maximum absolute atomic E-state index is 12.4. The Morgan fingerprint density at radius 3 is 2.71 bits per heavy atom. The molecule has 0 aromatic rings. The molecule has 21 heavy (non-hydrogen) atoms. The van der Waals surface area contributed by atoms with Crippen LogP contribution in [0.2, 0.25) is 0 Å². The Bertz CT molecular complexity index is 343. The predicted molar refractivity (Wildman–Crippen MR) is 76.2 cm³/mol. The number of rotatable bonds is 9. The highest BCUT2D eigenvalue weighted by Gasteiger charge is 2.44. The maximum atomic E-state index is 12.4. The molecular formula is C13H25N3O5. The lowest BCUT2D eigenvalue weighted by atomic mass is 9.78. The van der Waals surface area contributed by atoms with Gasteiger partial charge in [0, 0.05) is 33.5 Å². The maximum Gasteiger partial charge on any atom is 0.234 e. The predicted octanol–water partition coefficient (Wildman–Crippen LogP) is -0.301. The van der Waals surface area contributed by atoms with E-state index >= 15 is 0 Å². The van der Waals surface area contributed by atoms with Gasteiger partial charge >= 0.3 is 0 Å². The summed E-state index contributed by atoms with van der Waals surface area (Å²) in [6.07, 6.45) is 1.52. The van der Waals surface area contributed by atoms with Crippen molar-refractivity contribution in [3.8, 4) is 0 Å². The SMILES string of the molecule is COCCOCCCNC(=O)C1(C(N)=NO)CCOCC1. The summed E-state index contributed by atoms with van der Waals surface area (Å²) in [5.41, 5.74) is 4.75. The van der Waals surface area contributed by atoms with Crippen LogP contribution in [0.3, 0.4) is 0 Å². The summed E-state index contributed by atoms with van der Waals surface area (Å²) in [6.45, 7) is 2.96. The molecule has 4 N–H and O–H groups in total. The molecular weight excluding hydrogens is 278 g/mol. The quantitative estimate of drug-likeness (QED) is 0.177. The van der Waals surface area contributed by atoms with E-state index in [0.717, 1.165) is 0 Å². The van der Waals surface area contributed by atoms with Crippen LogP contribution in [0.25, 0.3) is 0 Å². The second-order valence-electron chi connectivity index (χ2n) is 4.89. The summed E-state index contributed by atoms with van der Waals surface area (Å²) in [7, 11) is 1.62.